The average Bonchev–Trinajstić information content (AvgIpc) is 3.28. The molecular formula is C31H19NO3. The van der Waals surface area contributed by atoms with E-state index in [0.29, 0.717) is 27.5 Å². The molecule has 0 atom stereocenters. The van der Waals surface area contributed by atoms with Crippen molar-refractivity contribution in [3.05, 3.63) is 125 Å². The van der Waals surface area contributed by atoms with Gasteiger partial charge in [0.25, 0.3) is 0 Å². The molecule has 0 aliphatic rings. The van der Waals surface area contributed by atoms with Crippen LogP contribution in [0.5, 0.6) is 0 Å². The molecule has 0 unspecified atom stereocenters. The van der Waals surface area contributed by atoms with Gasteiger partial charge in [-0.1, -0.05) is 60.7 Å². The van der Waals surface area contributed by atoms with E-state index < -0.39 is 0 Å². The zero-order valence-corrected chi connectivity index (χ0v) is 18.6. The molecule has 0 aliphatic heterocycles. The summed E-state index contributed by atoms with van der Waals surface area (Å²) in [4.78, 5) is 15.4. The van der Waals surface area contributed by atoms with Crippen LogP contribution in [0.25, 0.3) is 43.9 Å². The van der Waals surface area contributed by atoms with Crippen LogP contribution in [0, 0.1) is 0 Å². The minimum Gasteiger partial charge on any atom is -0.456 e. The maximum Gasteiger partial charge on any atom is 0.200 e. The summed E-state index contributed by atoms with van der Waals surface area (Å²) < 4.78 is 12.5. The van der Waals surface area contributed by atoms with Gasteiger partial charge in [0.15, 0.2) is 5.58 Å². The Bertz CT molecular complexity index is 1880. The van der Waals surface area contributed by atoms with Crippen molar-refractivity contribution < 1.29 is 8.83 Å². The number of hydrogen-bond acceptors (Lipinski definition) is 4. The normalized spacial score (nSPS) is 11.5. The molecule has 35 heavy (non-hydrogen) atoms. The molecule has 5 aromatic carbocycles. The zero-order chi connectivity index (χ0) is 23.4. The van der Waals surface area contributed by atoms with Crippen molar-refractivity contribution in [1.29, 1.82) is 0 Å². The molecule has 2 aromatic heterocycles. The predicted octanol–water partition coefficient (Wildman–Crippen LogP) is 8.32. The predicted molar refractivity (Wildman–Crippen MR) is 142 cm³/mol. The second-order valence-electron chi connectivity index (χ2n) is 8.53. The molecule has 4 heteroatoms. The van der Waals surface area contributed by atoms with Crippen molar-refractivity contribution in [2.45, 2.75) is 0 Å². The fraction of sp³-hybridized carbons (Fsp3) is 0. The van der Waals surface area contributed by atoms with E-state index in [0.717, 1.165) is 33.4 Å². The average molecular weight is 453 g/mol. The molecule has 7 aromatic rings. The van der Waals surface area contributed by atoms with Gasteiger partial charge in [0.1, 0.15) is 16.7 Å². The first-order valence-corrected chi connectivity index (χ1v) is 11.5. The van der Waals surface area contributed by atoms with Crippen molar-refractivity contribution >= 4 is 60.9 Å². The van der Waals surface area contributed by atoms with E-state index >= 15 is 0 Å². The van der Waals surface area contributed by atoms with Gasteiger partial charge < -0.3 is 13.7 Å². The Kier molecular flexibility index (Phi) is 4.26. The lowest BCUT2D eigenvalue weighted by molar-refractivity contribution is 0.650. The van der Waals surface area contributed by atoms with Gasteiger partial charge >= 0.3 is 0 Å². The standard InChI is InChI=1S/C31H19NO3/c33-30-23-14-7-8-17-27(23)34-29-19-28-24(18-25(29)30)22-15-9-16-26(31(22)35-28)32(20-10-3-1-4-11-20)21-12-5-2-6-13-21/h1-19H. The Morgan fingerprint density at radius 1 is 0.486 bits per heavy atom. The molecule has 7 rings (SSSR count). The number of para-hydroxylation sites is 4. The highest BCUT2D eigenvalue weighted by Crippen LogP contribution is 2.42. The highest BCUT2D eigenvalue weighted by atomic mass is 16.3. The molecule has 0 amide bonds. The number of benzene rings is 5. The molecule has 0 N–H and O–H groups in total. The van der Waals surface area contributed by atoms with Crippen molar-refractivity contribution in [3.63, 3.8) is 0 Å². The second-order valence-corrected chi connectivity index (χ2v) is 8.53. The van der Waals surface area contributed by atoms with Crippen LogP contribution in [0.4, 0.5) is 17.1 Å². The molecule has 0 fully saturated rings. The Labute approximate surface area is 200 Å². The van der Waals surface area contributed by atoms with Gasteiger partial charge in [-0.25, -0.2) is 0 Å². The molecule has 4 nitrogen and oxygen atoms in total. The molecule has 0 spiro atoms. The molecule has 166 valence electrons. The molecular weight excluding hydrogens is 434 g/mol. The van der Waals surface area contributed by atoms with Gasteiger partial charge in [-0.2, -0.15) is 0 Å². The third-order valence-electron chi connectivity index (χ3n) is 6.44. The number of fused-ring (bicyclic) bond motifs is 5. The van der Waals surface area contributed by atoms with Crippen molar-refractivity contribution in [1.82, 2.24) is 0 Å². The van der Waals surface area contributed by atoms with Crippen LogP contribution in [0.3, 0.4) is 0 Å². The summed E-state index contributed by atoms with van der Waals surface area (Å²) in [6, 6.07) is 37.6. The third kappa shape index (κ3) is 3.04. The van der Waals surface area contributed by atoms with Crippen LogP contribution in [0.1, 0.15) is 0 Å². The zero-order valence-electron chi connectivity index (χ0n) is 18.6. The highest BCUT2D eigenvalue weighted by molar-refractivity contribution is 6.13. The van der Waals surface area contributed by atoms with Crippen LogP contribution in [0.2, 0.25) is 0 Å². The number of hydrogen-bond donors (Lipinski definition) is 0. The summed E-state index contributed by atoms with van der Waals surface area (Å²) in [5.74, 6) is 0. The lowest BCUT2D eigenvalue weighted by atomic mass is 10.1. The van der Waals surface area contributed by atoms with Crippen LogP contribution >= 0.6 is 0 Å². The van der Waals surface area contributed by atoms with Gasteiger partial charge in [-0.15, -0.1) is 0 Å². The second kappa shape index (κ2) is 7.61. The number of nitrogens with zero attached hydrogens (tertiary/aromatic N) is 1. The Balaban J connectivity index is 1.54. The van der Waals surface area contributed by atoms with E-state index in [1.165, 1.54) is 0 Å². The minimum atomic E-state index is -0.0375. The van der Waals surface area contributed by atoms with Crippen molar-refractivity contribution in [2.75, 3.05) is 4.90 Å². The minimum absolute atomic E-state index is 0.0375. The maximum absolute atomic E-state index is 13.2. The van der Waals surface area contributed by atoms with E-state index in [-0.39, 0.29) is 5.43 Å². The fourth-order valence-corrected chi connectivity index (χ4v) is 4.84. The highest BCUT2D eigenvalue weighted by Gasteiger charge is 2.20. The molecule has 2 heterocycles. The van der Waals surface area contributed by atoms with E-state index in [1.807, 2.05) is 78.9 Å². The monoisotopic (exact) mass is 453 g/mol. The van der Waals surface area contributed by atoms with Gasteiger partial charge in [0, 0.05) is 28.2 Å². The SMILES string of the molecule is O=c1c2ccccc2oc2cc3oc4c(N(c5ccccc5)c5ccccc5)cccc4c3cc12. The smallest absolute Gasteiger partial charge is 0.200 e. The molecule has 0 saturated heterocycles. The molecule has 0 radical (unpaired) electrons. The quantitative estimate of drug-likeness (QED) is 0.252. The van der Waals surface area contributed by atoms with Crippen LogP contribution in [-0.2, 0) is 0 Å². The topological polar surface area (TPSA) is 46.6 Å². The third-order valence-corrected chi connectivity index (χ3v) is 6.44. The fourth-order valence-electron chi connectivity index (χ4n) is 4.84. The van der Waals surface area contributed by atoms with E-state index in [4.69, 9.17) is 8.83 Å². The van der Waals surface area contributed by atoms with Gasteiger partial charge in [0.05, 0.1) is 16.5 Å². The van der Waals surface area contributed by atoms with Crippen LogP contribution in [0.15, 0.2) is 129 Å². The molecule has 0 bridgehead atoms. The van der Waals surface area contributed by atoms with Crippen LogP contribution < -0.4 is 10.3 Å². The first-order chi connectivity index (χ1) is 17.3. The first-order valence-electron chi connectivity index (χ1n) is 11.5. The Morgan fingerprint density at radius 3 is 1.86 bits per heavy atom. The lowest BCUT2D eigenvalue weighted by Crippen LogP contribution is -2.09. The summed E-state index contributed by atoms with van der Waals surface area (Å²) in [6.07, 6.45) is 0. The van der Waals surface area contributed by atoms with Gasteiger partial charge in [-0.3, -0.25) is 4.79 Å². The van der Waals surface area contributed by atoms with E-state index in [2.05, 4.69) is 35.2 Å². The largest absolute Gasteiger partial charge is 0.456 e. The summed E-state index contributed by atoms with van der Waals surface area (Å²) in [5, 5.41) is 2.96. The molecule has 0 saturated carbocycles. The molecule has 0 aliphatic carbocycles. The Hall–Kier alpha value is -4.83. The van der Waals surface area contributed by atoms with Crippen molar-refractivity contribution in [2.24, 2.45) is 0 Å². The van der Waals surface area contributed by atoms with Gasteiger partial charge in [0.2, 0.25) is 5.43 Å². The summed E-state index contributed by atoms with van der Waals surface area (Å²) in [5.41, 5.74) is 5.46. The summed E-state index contributed by atoms with van der Waals surface area (Å²) in [6.45, 7) is 0. The van der Waals surface area contributed by atoms with Crippen molar-refractivity contribution in [3.8, 4) is 0 Å². The van der Waals surface area contributed by atoms with Gasteiger partial charge in [-0.05, 0) is 48.5 Å². The number of rotatable bonds is 3. The van der Waals surface area contributed by atoms with E-state index in [9.17, 15) is 4.79 Å². The Morgan fingerprint density at radius 2 is 1.11 bits per heavy atom. The number of furan rings is 1. The maximum atomic E-state index is 13.2. The summed E-state index contributed by atoms with van der Waals surface area (Å²) in [7, 11) is 0. The number of anilines is 3. The first kappa shape index (κ1) is 19.6. The van der Waals surface area contributed by atoms with Crippen LogP contribution in [-0.4, -0.2) is 0 Å². The van der Waals surface area contributed by atoms with E-state index in [1.54, 1.807) is 6.07 Å². The lowest BCUT2D eigenvalue weighted by Gasteiger charge is -2.25. The summed E-state index contributed by atoms with van der Waals surface area (Å²) >= 11 is 0.